The van der Waals surface area contributed by atoms with Gasteiger partial charge in [0.25, 0.3) is 0 Å². The molecule has 2 atom stereocenters. The summed E-state index contributed by atoms with van der Waals surface area (Å²) in [5, 5.41) is 3.59. The standard InChI is InChI=1S/C19H31NO/c1-15-11-16(2)13-18(12-15)19(8-4-5-10-21-3)17-7-6-9-20-14-17/h11-13,17,19-20H,4-10,14H2,1-3H3/t17-,19-/m0/s1. The molecule has 0 spiro atoms. The van der Waals surface area contributed by atoms with Crippen LogP contribution < -0.4 is 5.32 Å². The van der Waals surface area contributed by atoms with Crippen LogP contribution in [0.1, 0.15) is 54.7 Å². The molecule has 0 radical (unpaired) electrons. The largest absolute Gasteiger partial charge is 0.385 e. The monoisotopic (exact) mass is 289 g/mol. The van der Waals surface area contributed by atoms with E-state index in [0.717, 1.165) is 12.5 Å². The molecule has 118 valence electrons. The Morgan fingerprint density at radius 3 is 2.57 bits per heavy atom. The number of nitrogens with one attached hydrogen (secondary N) is 1. The summed E-state index contributed by atoms with van der Waals surface area (Å²) in [6.45, 7) is 7.71. The van der Waals surface area contributed by atoms with Crippen LogP contribution in [0.4, 0.5) is 0 Å². The third kappa shape index (κ3) is 5.12. The van der Waals surface area contributed by atoms with E-state index in [1.54, 1.807) is 12.7 Å². The SMILES string of the molecule is COCCCC[C@H](c1cc(C)cc(C)c1)[C@H]1CCCNC1. The molecule has 2 nitrogen and oxygen atoms in total. The number of aryl methyl sites for hydroxylation is 2. The fourth-order valence-corrected chi connectivity index (χ4v) is 3.73. The van der Waals surface area contributed by atoms with E-state index in [1.165, 1.54) is 56.3 Å². The topological polar surface area (TPSA) is 21.3 Å². The number of piperidine rings is 1. The average Bonchev–Trinajstić information content (AvgIpc) is 2.47. The molecule has 1 aliphatic heterocycles. The number of methoxy groups -OCH3 is 1. The van der Waals surface area contributed by atoms with E-state index in [2.05, 4.69) is 37.4 Å². The zero-order valence-electron chi connectivity index (χ0n) is 14.0. The van der Waals surface area contributed by atoms with Crippen molar-refractivity contribution in [2.45, 2.75) is 51.9 Å². The Kier molecular flexibility index (Phi) is 6.72. The first-order valence-electron chi connectivity index (χ1n) is 8.48. The van der Waals surface area contributed by atoms with E-state index in [4.69, 9.17) is 4.74 Å². The van der Waals surface area contributed by atoms with Gasteiger partial charge in [-0.15, -0.1) is 0 Å². The molecule has 0 saturated carbocycles. The number of benzene rings is 1. The van der Waals surface area contributed by atoms with Gasteiger partial charge in [0.15, 0.2) is 0 Å². The van der Waals surface area contributed by atoms with E-state index in [9.17, 15) is 0 Å². The highest BCUT2D eigenvalue weighted by atomic mass is 16.5. The molecule has 1 aromatic rings. The molecule has 0 aromatic heterocycles. The Morgan fingerprint density at radius 2 is 1.95 bits per heavy atom. The van der Waals surface area contributed by atoms with E-state index < -0.39 is 0 Å². The van der Waals surface area contributed by atoms with Crippen LogP contribution in [0.2, 0.25) is 0 Å². The molecule has 1 saturated heterocycles. The second-order valence-corrected chi connectivity index (χ2v) is 6.62. The minimum atomic E-state index is 0.702. The van der Waals surface area contributed by atoms with Crippen LogP contribution in [0.5, 0.6) is 0 Å². The predicted octanol–water partition coefficient (Wildman–Crippen LogP) is 4.20. The zero-order valence-corrected chi connectivity index (χ0v) is 14.0. The predicted molar refractivity (Wildman–Crippen MR) is 90.0 cm³/mol. The minimum absolute atomic E-state index is 0.702. The van der Waals surface area contributed by atoms with Gasteiger partial charge in [0.05, 0.1) is 0 Å². The molecule has 1 fully saturated rings. The van der Waals surface area contributed by atoms with E-state index in [0.29, 0.717) is 5.92 Å². The van der Waals surface area contributed by atoms with Crippen molar-refractivity contribution in [2.75, 3.05) is 26.8 Å². The van der Waals surface area contributed by atoms with Gasteiger partial charge in [0.1, 0.15) is 0 Å². The molecule has 1 aromatic carbocycles. The summed E-state index contributed by atoms with van der Waals surface area (Å²) in [4.78, 5) is 0. The lowest BCUT2D eigenvalue weighted by molar-refractivity contribution is 0.189. The van der Waals surface area contributed by atoms with Gasteiger partial charge in [-0.2, -0.15) is 0 Å². The molecule has 21 heavy (non-hydrogen) atoms. The third-order valence-electron chi connectivity index (χ3n) is 4.69. The first kappa shape index (κ1) is 16.5. The van der Waals surface area contributed by atoms with E-state index in [-0.39, 0.29) is 0 Å². The second kappa shape index (κ2) is 8.55. The molecule has 0 bridgehead atoms. The maximum absolute atomic E-state index is 5.20. The summed E-state index contributed by atoms with van der Waals surface area (Å²) < 4.78 is 5.20. The minimum Gasteiger partial charge on any atom is -0.385 e. The Hall–Kier alpha value is -0.860. The maximum Gasteiger partial charge on any atom is 0.0462 e. The summed E-state index contributed by atoms with van der Waals surface area (Å²) in [7, 11) is 1.80. The van der Waals surface area contributed by atoms with Crippen molar-refractivity contribution in [3.8, 4) is 0 Å². The van der Waals surface area contributed by atoms with Gasteiger partial charge < -0.3 is 10.1 Å². The molecular formula is C19H31NO. The molecule has 2 rings (SSSR count). The van der Waals surface area contributed by atoms with Crippen molar-refractivity contribution < 1.29 is 4.74 Å². The van der Waals surface area contributed by atoms with Crippen molar-refractivity contribution >= 4 is 0 Å². The van der Waals surface area contributed by atoms with Crippen molar-refractivity contribution in [1.29, 1.82) is 0 Å². The Bertz CT molecular complexity index is 403. The smallest absolute Gasteiger partial charge is 0.0462 e. The molecule has 0 amide bonds. The summed E-state index contributed by atoms with van der Waals surface area (Å²) >= 11 is 0. The quantitative estimate of drug-likeness (QED) is 0.759. The molecular weight excluding hydrogens is 258 g/mol. The first-order valence-corrected chi connectivity index (χ1v) is 8.48. The first-order chi connectivity index (χ1) is 10.2. The highest BCUT2D eigenvalue weighted by Crippen LogP contribution is 2.34. The van der Waals surface area contributed by atoms with Crippen LogP contribution in [-0.4, -0.2) is 26.8 Å². The Morgan fingerprint density at radius 1 is 1.19 bits per heavy atom. The highest BCUT2D eigenvalue weighted by molar-refractivity contribution is 5.31. The average molecular weight is 289 g/mol. The van der Waals surface area contributed by atoms with E-state index in [1.807, 2.05) is 0 Å². The fraction of sp³-hybridized carbons (Fsp3) is 0.684. The maximum atomic E-state index is 5.20. The summed E-state index contributed by atoms with van der Waals surface area (Å²) in [5.74, 6) is 1.50. The van der Waals surface area contributed by atoms with Gasteiger partial charge in [-0.05, 0) is 70.0 Å². The molecule has 1 heterocycles. The van der Waals surface area contributed by atoms with Gasteiger partial charge in [-0.1, -0.05) is 35.7 Å². The third-order valence-corrected chi connectivity index (χ3v) is 4.69. The lowest BCUT2D eigenvalue weighted by Crippen LogP contribution is -2.33. The van der Waals surface area contributed by atoms with E-state index >= 15 is 0 Å². The van der Waals surface area contributed by atoms with Crippen LogP contribution in [0.25, 0.3) is 0 Å². The van der Waals surface area contributed by atoms with Gasteiger partial charge >= 0.3 is 0 Å². The number of hydrogen-bond acceptors (Lipinski definition) is 2. The summed E-state index contributed by atoms with van der Waals surface area (Å²) in [6.07, 6.45) is 6.43. The number of unbranched alkanes of at least 4 members (excludes halogenated alkanes) is 1. The Labute approximate surface area is 130 Å². The normalized spacial score (nSPS) is 20.4. The second-order valence-electron chi connectivity index (χ2n) is 6.62. The van der Waals surface area contributed by atoms with Gasteiger partial charge in [-0.3, -0.25) is 0 Å². The van der Waals surface area contributed by atoms with Gasteiger partial charge in [0, 0.05) is 13.7 Å². The number of hydrogen-bond donors (Lipinski definition) is 1. The number of rotatable bonds is 7. The van der Waals surface area contributed by atoms with Gasteiger partial charge in [0.2, 0.25) is 0 Å². The number of ether oxygens (including phenoxy) is 1. The summed E-state index contributed by atoms with van der Waals surface area (Å²) in [6, 6.07) is 7.09. The highest BCUT2D eigenvalue weighted by Gasteiger charge is 2.24. The van der Waals surface area contributed by atoms with Crippen LogP contribution >= 0.6 is 0 Å². The van der Waals surface area contributed by atoms with Gasteiger partial charge in [-0.25, -0.2) is 0 Å². The van der Waals surface area contributed by atoms with Crippen molar-refractivity contribution in [3.05, 3.63) is 34.9 Å². The molecule has 1 aliphatic rings. The molecule has 0 aliphatic carbocycles. The molecule has 2 heteroatoms. The van der Waals surface area contributed by atoms with Crippen LogP contribution in [-0.2, 0) is 4.74 Å². The molecule has 1 N–H and O–H groups in total. The van der Waals surface area contributed by atoms with Crippen LogP contribution in [0.15, 0.2) is 18.2 Å². The Balaban J connectivity index is 2.09. The van der Waals surface area contributed by atoms with Crippen molar-refractivity contribution in [3.63, 3.8) is 0 Å². The molecule has 0 unspecified atom stereocenters. The van der Waals surface area contributed by atoms with Crippen LogP contribution in [0.3, 0.4) is 0 Å². The summed E-state index contributed by atoms with van der Waals surface area (Å²) in [5.41, 5.74) is 4.35. The van der Waals surface area contributed by atoms with Crippen LogP contribution in [0, 0.1) is 19.8 Å². The van der Waals surface area contributed by atoms with Crippen molar-refractivity contribution in [1.82, 2.24) is 5.32 Å². The fourth-order valence-electron chi connectivity index (χ4n) is 3.73. The lowest BCUT2D eigenvalue weighted by Gasteiger charge is -2.32. The van der Waals surface area contributed by atoms with Crippen molar-refractivity contribution in [2.24, 2.45) is 5.92 Å². The lowest BCUT2D eigenvalue weighted by atomic mass is 9.78. The zero-order chi connectivity index (χ0) is 15.1.